The molecule has 28 heavy (non-hydrogen) atoms. The molecular formula is C22H20FNO3S. The van der Waals surface area contributed by atoms with Gasteiger partial charge in [0.1, 0.15) is 5.82 Å². The predicted octanol–water partition coefficient (Wildman–Crippen LogP) is 4.61. The number of aryl methyl sites for hydroxylation is 1. The summed E-state index contributed by atoms with van der Waals surface area (Å²) in [5.41, 5.74) is 0.454. The molecular weight excluding hydrogens is 377 g/mol. The van der Waals surface area contributed by atoms with Crippen molar-refractivity contribution in [2.45, 2.75) is 25.2 Å². The smallest absolute Gasteiger partial charge is 0.314 e. The Morgan fingerprint density at radius 2 is 1.75 bits per heavy atom. The maximum absolute atomic E-state index is 14.2. The number of amides is 1. The summed E-state index contributed by atoms with van der Waals surface area (Å²) >= 11 is 1.29. The summed E-state index contributed by atoms with van der Waals surface area (Å²) in [5.74, 6) is -1.33. The van der Waals surface area contributed by atoms with Gasteiger partial charge in [0.25, 0.3) is 5.91 Å². The van der Waals surface area contributed by atoms with E-state index in [1.165, 1.54) is 17.4 Å². The van der Waals surface area contributed by atoms with Gasteiger partial charge in [-0.1, -0.05) is 36.4 Å². The molecule has 1 fully saturated rings. The number of carboxylic acids is 1. The molecule has 2 aromatic carbocycles. The summed E-state index contributed by atoms with van der Waals surface area (Å²) in [5, 5.41) is 10.4. The molecule has 0 unspecified atom stereocenters. The third kappa shape index (κ3) is 2.88. The van der Waals surface area contributed by atoms with Gasteiger partial charge in [0.05, 0.1) is 10.3 Å². The van der Waals surface area contributed by atoms with Gasteiger partial charge in [-0.3, -0.25) is 9.59 Å². The van der Waals surface area contributed by atoms with Gasteiger partial charge in [-0.05, 0) is 43.0 Å². The van der Waals surface area contributed by atoms with Crippen LogP contribution in [0.15, 0.2) is 48.5 Å². The first-order valence-electron chi connectivity index (χ1n) is 9.20. The van der Waals surface area contributed by atoms with E-state index in [0.717, 1.165) is 10.3 Å². The Kier molecular flexibility index (Phi) is 4.67. The zero-order valence-electron chi connectivity index (χ0n) is 15.4. The minimum Gasteiger partial charge on any atom is -0.481 e. The number of benzene rings is 2. The Morgan fingerprint density at radius 1 is 1.07 bits per heavy atom. The van der Waals surface area contributed by atoms with Crippen molar-refractivity contribution in [2.75, 3.05) is 13.1 Å². The Hall–Kier alpha value is -2.73. The number of hydrogen-bond acceptors (Lipinski definition) is 3. The molecule has 0 saturated carbocycles. The van der Waals surface area contributed by atoms with Crippen LogP contribution in [0, 0.1) is 12.7 Å². The molecule has 0 atom stereocenters. The lowest BCUT2D eigenvalue weighted by Gasteiger charge is -2.39. The number of carbonyl (C=O) groups is 2. The number of carbonyl (C=O) groups excluding carboxylic acids is 1. The van der Waals surface area contributed by atoms with Crippen LogP contribution in [0.3, 0.4) is 0 Å². The van der Waals surface area contributed by atoms with Crippen LogP contribution in [0.5, 0.6) is 0 Å². The van der Waals surface area contributed by atoms with Crippen LogP contribution in [0.2, 0.25) is 0 Å². The first-order valence-corrected chi connectivity index (χ1v) is 10.0. The number of likely N-dealkylation sites (tertiary alicyclic amines) is 1. The van der Waals surface area contributed by atoms with E-state index in [0.29, 0.717) is 41.8 Å². The second kappa shape index (κ2) is 7.02. The monoisotopic (exact) mass is 397 g/mol. The largest absolute Gasteiger partial charge is 0.481 e. The molecule has 1 aliphatic heterocycles. The summed E-state index contributed by atoms with van der Waals surface area (Å²) in [6.45, 7) is 2.48. The van der Waals surface area contributed by atoms with E-state index in [4.69, 9.17) is 0 Å². The molecule has 4 nitrogen and oxygen atoms in total. The number of nitrogens with zero attached hydrogens (tertiary/aromatic N) is 1. The molecule has 1 aliphatic rings. The van der Waals surface area contributed by atoms with Crippen molar-refractivity contribution in [1.82, 2.24) is 4.90 Å². The SMILES string of the molecule is Cc1c(C(=O)N2CCC(C(=O)O)(c3ccccc3)CC2)sc2cccc(F)c12. The standard InChI is InChI=1S/C22H20FNO3S/c1-14-18-16(23)8-5-9-17(18)28-19(14)20(25)24-12-10-22(11-13-24,21(26)27)15-6-3-2-4-7-15/h2-9H,10-13H2,1H3,(H,26,27). The van der Waals surface area contributed by atoms with Gasteiger partial charge in [-0.15, -0.1) is 11.3 Å². The lowest BCUT2D eigenvalue weighted by atomic mass is 9.73. The summed E-state index contributed by atoms with van der Waals surface area (Å²) in [4.78, 5) is 27.4. The number of hydrogen-bond donors (Lipinski definition) is 1. The van der Waals surface area contributed by atoms with Crippen LogP contribution in [0.4, 0.5) is 4.39 Å². The van der Waals surface area contributed by atoms with Gasteiger partial charge in [-0.2, -0.15) is 0 Å². The van der Waals surface area contributed by atoms with Gasteiger partial charge >= 0.3 is 5.97 Å². The third-order valence-electron chi connectivity index (χ3n) is 5.74. The first kappa shape index (κ1) is 18.6. The zero-order chi connectivity index (χ0) is 19.9. The van der Waals surface area contributed by atoms with Crippen LogP contribution in [-0.4, -0.2) is 35.0 Å². The summed E-state index contributed by atoms with van der Waals surface area (Å²) in [6.07, 6.45) is 0.715. The fraction of sp³-hybridized carbons (Fsp3) is 0.273. The van der Waals surface area contributed by atoms with Gasteiger partial charge in [-0.25, -0.2) is 4.39 Å². The molecule has 2 heterocycles. The Labute approximate surface area is 166 Å². The number of aliphatic carboxylic acids is 1. The molecule has 0 aliphatic carbocycles. The topological polar surface area (TPSA) is 57.6 Å². The van der Waals surface area contributed by atoms with E-state index in [9.17, 15) is 19.1 Å². The van der Waals surface area contributed by atoms with Gasteiger partial charge < -0.3 is 10.0 Å². The highest BCUT2D eigenvalue weighted by Crippen LogP contribution is 2.38. The van der Waals surface area contributed by atoms with E-state index in [1.54, 1.807) is 17.9 Å². The number of carboxylic acid groups (broad SMARTS) is 1. The molecule has 1 N–H and O–H groups in total. The molecule has 0 radical (unpaired) electrons. The minimum absolute atomic E-state index is 0.148. The van der Waals surface area contributed by atoms with E-state index < -0.39 is 11.4 Å². The van der Waals surface area contributed by atoms with E-state index in [2.05, 4.69) is 0 Å². The average molecular weight is 397 g/mol. The van der Waals surface area contributed by atoms with E-state index in [-0.39, 0.29) is 11.7 Å². The molecule has 6 heteroatoms. The van der Waals surface area contributed by atoms with Crippen LogP contribution in [0.25, 0.3) is 10.1 Å². The lowest BCUT2D eigenvalue weighted by Crippen LogP contribution is -2.49. The first-order chi connectivity index (χ1) is 13.4. The van der Waals surface area contributed by atoms with Crippen molar-refractivity contribution in [3.63, 3.8) is 0 Å². The molecule has 0 spiro atoms. The highest BCUT2D eigenvalue weighted by Gasteiger charge is 2.44. The van der Waals surface area contributed by atoms with Crippen LogP contribution < -0.4 is 0 Å². The number of fused-ring (bicyclic) bond motifs is 1. The second-order valence-corrected chi connectivity index (χ2v) is 8.27. The average Bonchev–Trinajstić information content (AvgIpc) is 3.06. The molecule has 1 aromatic heterocycles. The van der Waals surface area contributed by atoms with Gasteiger partial charge in [0.2, 0.25) is 0 Å². The molecule has 3 aromatic rings. The molecule has 0 bridgehead atoms. The summed E-state index contributed by atoms with van der Waals surface area (Å²) in [6, 6.07) is 14.1. The fourth-order valence-electron chi connectivity index (χ4n) is 4.08. The van der Waals surface area contributed by atoms with Crippen molar-refractivity contribution >= 4 is 33.3 Å². The predicted molar refractivity (Wildman–Crippen MR) is 107 cm³/mol. The maximum atomic E-state index is 14.2. The highest BCUT2D eigenvalue weighted by atomic mass is 32.1. The lowest BCUT2D eigenvalue weighted by molar-refractivity contribution is -0.145. The Balaban J connectivity index is 1.60. The molecule has 4 rings (SSSR count). The Bertz CT molecular complexity index is 1050. The highest BCUT2D eigenvalue weighted by molar-refractivity contribution is 7.21. The van der Waals surface area contributed by atoms with Crippen LogP contribution in [0.1, 0.15) is 33.6 Å². The molecule has 1 saturated heterocycles. The van der Waals surface area contributed by atoms with Crippen molar-refractivity contribution in [2.24, 2.45) is 0 Å². The minimum atomic E-state index is -0.973. The van der Waals surface area contributed by atoms with E-state index >= 15 is 0 Å². The maximum Gasteiger partial charge on any atom is 0.314 e. The third-order valence-corrected chi connectivity index (χ3v) is 6.98. The summed E-state index contributed by atoms with van der Waals surface area (Å²) in [7, 11) is 0. The number of piperidine rings is 1. The van der Waals surface area contributed by atoms with Crippen molar-refractivity contribution in [1.29, 1.82) is 0 Å². The van der Waals surface area contributed by atoms with Crippen LogP contribution in [-0.2, 0) is 10.2 Å². The van der Waals surface area contributed by atoms with Crippen molar-refractivity contribution in [3.8, 4) is 0 Å². The molecule has 1 amide bonds. The van der Waals surface area contributed by atoms with Gasteiger partial charge in [0.15, 0.2) is 0 Å². The van der Waals surface area contributed by atoms with Crippen LogP contribution >= 0.6 is 11.3 Å². The number of thiophene rings is 1. The van der Waals surface area contributed by atoms with E-state index in [1.807, 2.05) is 36.4 Å². The normalized spacial score (nSPS) is 16.3. The van der Waals surface area contributed by atoms with Crippen molar-refractivity contribution < 1.29 is 19.1 Å². The quantitative estimate of drug-likeness (QED) is 0.702. The summed E-state index contributed by atoms with van der Waals surface area (Å²) < 4.78 is 14.9. The zero-order valence-corrected chi connectivity index (χ0v) is 16.3. The molecule has 144 valence electrons. The van der Waals surface area contributed by atoms with Gasteiger partial charge in [0, 0.05) is 23.2 Å². The Morgan fingerprint density at radius 3 is 2.36 bits per heavy atom. The van der Waals surface area contributed by atoms with Crippen molar-refractivity contribution in [3.05, 3.63) is 70.4 Å². The number of halogens is 1. The number of rotatable bonds is 3. The second-order valence-electron chi connectivity index (χ2n) is 7.21. The fourth-order valence-corrected chi connectivity index (χ4v) is 5.27.